The molecule has 0 saturated carbocycles. The van der Waals surface area contributed by atoms with Gasteiger partial charge in [-0.05, 0) is 54.7 Å². The van der Waals surface area contributed by atoms with Gasteiger partial charge in [-0.2, -0.15) is 0 Å². The Kier molecular flexibility index (Phi) is 5.00. The second kappa shape index (κ2) is 7.18. The van der Waals surface area contributed by atoms with Crippen LogP contribution in [0.15, 0.2) is 52.9 Å². The van der Waals surface area contributed by atoms with Crippen LogP contribution in [0.5, 0.6) is 0 Å². The number of hydrogen-bond donors (Lipinski definition) is 0. The van der Waals surface area contributed by atoms with Crippen molar-refractivity contribution >= 4 is 11.6 Å². The molecule has 3 rings (SSSR count). The Morgan fingerprint density at radius 2 is 1.58 bits per heavy atom. The third-order valence-electron chi connectivity index (χ3n) is 4.03. The maximum atomic E-state index is 5.91. The Balaban J connectivity index is 1.78. The number of nitrogens with zero attached hydrogens (tertiary/aromatic N) is 2. The van der Waals surface area contributed by atoms with E-state index in [-0.39, 0.29) is 5.92 Å². The fraction of sp³-hybridized carbons (Fsp3) is 0.300. The Labute approximate surface area is 147 Å². The lowest BCUT2D eigenvalue weighted by atomic mass is 9.97. The second-order valence-electron chi connectivity index (χ2n) is 6.51. The molecule has 0 aliphatic rings. The first-order valence-electron chi connectivity index (χ1n) is 8.21. The molecule has 0 saturated heterocycles. The molecule has 1 aromatic heterocycles. The van der Waals surface area contributed by atoms with Gasteiger partial charge in [-0.3, -0.25) is 0 Å². The van der Waals surface area contributed by atoms with Crippen LogP contribution in [0.4, 0.5) is 0 Å². The summed E-state index contributed by atoms with van der Waals surface area (Å²) in [4.78, 5) is 0. The van der Waals surface area contributed by atoms with Gasteiger partial charge < -0.3 is 4.42 Å². The SMILES string of the molecule is CC(C)Cc1ccc([C@@H](C)c2nnc(-c3ccc(Cl)cc3)o2)cc1. The first kappa shape index (κ1) is 16.7. The molecule has 1 atom stereocenters. The molecule has 0 unspecified atom stereocenters. The van der Waals surface area contributed by atoms with Gasteiger partial charge in [-0.25, -0.2) is 0 Å². The molecule has 124 valence electrons. The lowest BCUT2D eigenvalue weighted by molar-refractivity contribution is 0.490. The molecule has 0 bridgehead atoms. The van der Waals surface area contributed by atoms with Gasteiger partial charge >= 0.3 is 0 Å². The molecule has 24 heavy (non-hydrogen) atoms. The van der Waals surface area contributed by atoms with Crippen molar-refractivity contribution in [3.05, 3.63) is 70.6 Å². The van der Waals surface area contributed by atoms with Crippen molar-refractivity contribution in [3.8, 4) is 11.5 Å². The van der Waals surface area contributed by atoms with Crippen LogP contribution in [0.3, 0.4) is 0 Å². The van der Waals surface area contributed by atoms with Crippen molar-refractivity contribution < 1.29 is 4.42 Å². The van der Waals surface area contributed by atoms with Crippen molar-refractivity contribution in [1.82, 2.24) is 10.2 Å². The monoisotopic (exact) mass is 340 g/mol. The highest BCUT2D eigenvalue weighted by Gasteiger charge is 2.17. The highest BCUT2D eigenvalue weighted by atomic mass is 35.5. The van der Waals surface area contributed by atoms with Crippen LogP contribution in [0.1, 0.15) is 43.7 Å². The van der Waals surface area contributed by atoms with Crippen LogP contribution in [0.25, 0.3) is 11.5 Å². The average molecular weight is 341 g/mol. The van der Waals surface area contributed by atoms with E-state index in [1.165, 1.54) is 11.1 Å². The second-order valence-corrected chi connectivity index (χ2v) is 6.95. The number of rotatable bonds is 5. The lowest BCUT2D eigenvalue weighted by Gasteiger charge is -2.09. The summed E-state index contributed by atoms with van der Waals surface area (Å²) in [7, 11) is 0. The van der Waals surface area contributed by atoms with Crippen LogP contribution in [0, 0.1) is 5.92 Å². The van der Waals surface area contributed by atoms with Crippen molar-refractivity contribution in [3.63, 3.8) is 0 Å². The van der Waals surface area contributed by atoms with Crippen LogP contribution in [-0.4, -0.2) is 10.2 Å². The van der Waals surface area contributed by atoms with Crippen LogP contribution in [0.2, 0.25) is 5.02 Å². The summed E-state index contributed by atoms with van der Waals surface area (Å²) in [5.74, 6) is 1.86. The smallest absolute Gasteiger partial charge is 0.247 e. The maximum absolute atomic E-state index is 5.91. The summed E-state index contributed by atoms with van der Waals surface area (Å²) < 4.78 is 5.86. The zero-order chi connectivity index (χ0) is 17.1. The van der Waals surface area contributed by atoms with Gasteiger partial charge in [-0.15, -0.1) is 10.2 Å². The molecular weight excluding hydrogens is 320 g/mol. The molecular formula is C20H21ClN2O. The predicted molar refractivity (Wildman–Crippen MR) is 97.2 cm³/mol. The molecule has 1 heterocycles. The van der Waals surface area contributed by atoms with Gasteiger partial charge in [0.2, 0.25) is 11.8 Å². The van der Waals surface area contributed by atoms with Gasteiger partial charge in [0.1, 0.15) is 0 Å². The van der Waals surface area contributed by atoms with Crippen molar-refractivity contribution in [2.45, 2.75) is 33.1 Å². The van der Waals surface area contributed by atoms with Crippen molar-refractivity contribution in [1.29, 1.82) is 0 Å². The van der Waals surface area contributed by atoms with E-state index in [1.54, 1.807) is 0 Å². The third kappa shape index (κ3) is 3.85. The summed E-state index contributed by atoms with van der Waals surface area (Å²) in [6.45, 7) is 6.54. The van der Waals surface area contributed by atoms with Gasteiger partial charge in [0.25, 0.3) is 0 Å². The zero-order valence-electron chi connectivity index (χ0n) is 14.2. The van der Waals surface area contributed by atoms with E-state index in [4.69, 9.17) is 16.0 Å². The highest BCUT2D eigenvalue weighted by molar-refractivity contribution is 6.30. The van der Waals surface area contributed by atoms with Crippen LogP contribution < -0.4 is 0 Å². The minimum atomic E-state index is 0.0617. The molecule has 3 aromatic rings. The Bertz CT molecular complexity index is 791. The van der Waals surface area contributed by atoms with Gasteiger partial charge in [0, 0.05) is 10.6 Å². The highest BCUT2D eigenvalue weighted by Crippen LogP contribution is 2.27. The zero-order valence-corrected chi connectivity index (χ0v) is 14.9. The van der Waals surface area contributed by atoms with E-state index < -0.39 is 0 Å². The number of aromatic nitrogens is 2. The average Bonchev–Trinajstić information content (AvgIpc) is 3.05. The number of halogens is 1. The van der Waals surface area contributed by atoms with Gasteiger partial charge in [0.05, 0.1) is 5.92 Å². The van der Waals surface area contributed by atoms with E-state index in [9.17, 15) is 0 Å². The molecule has 0 aliphatic carbocycles. The minimum Gasteiger partial charge on any atom is -0.420 e. The number of benzene rings is 2. The minimum absolute atomic E-state index is 0.0617. The summed E-state index contributed by atoms with van der Waals surface area (Å²) in [5, 5.41) is 9.06. The van der Waals surface area contributed by atoms with E-state index in [0.717, 1.165) is 12.0 Å². The van der Waals surface area contributed by atoms with Gasteiger partial charge in [-0.1, -0.05) is 49.7 Å². The van der Waals surface area contributed by atoms with E-state index in [0.29, 0.717) is 22.7 Å². The summed E-state index contributed by atoms with van der Waals surface area (Å²) >= 11 is 5.91. The molecule has 3 nitrogen and oxygen atoms in total. The van der Waals surface area contributed by atoms with Crippen LogP contribution >= 0.6 is 11.6 Å². The first-order valence-corrected chi connectivity index (χ1v) is 8.59. The molecule has 0 spiro atoms. The molecule has 0 radical (unpaired) electrons. The predicted octanol–water partition coefficient (Wildman–Crippen LogP) is 5.74. The quantitative estimate of drug-likeness (QED) is 0.594. The maximum Gasteiger partial charge on any atom is 0.247 e. The normalized spacial score (nSPS) is 12.5. The molecule has 0 aliphatic heterocycles. The van der Waals surface area contributed by atoms with E-state index in [1.807, 2.05) is 24.3 Å². The lowest BCUT2D eigenvalue weighted by Crippen LogP contribution is -1.98. The van der Waals surface area contributed by atoms with Gasteiger partial charge in [0.15, 0.2) is 0 Å². The molecule has 4 heteroatoms. The fourth-order valence-corrected chi connectivity index (χ4v) is 2.80. The van der Waals surface area contributed by atoms with Crippen molar-refractivity contribution in [2.75, 3.05) is 0 Å². The molecule has 0 N–H and O–H groups in total. The van der Waals surface area contributed by atoms with E-state index >= 15 is 0 Å². The summed E-state index contributed by atoms with van der Waals surface area (Å²) in [6.07, 6.45) is 1.09. The third-order valence-corrected chi connectivity index (χ3v) is 4.28. The Morgan fingerprint density at radius 1 is 0.917 bits per heavy atom. The fourth-order valence-electron chi connectivity index (χ4n) is 2.68. The molecule has 0 amide bonds. The topological polar surface area (TPSA) is 38.9 Å². The summed E-state index contributed by atoms with van der Waals surface area (Å²) in [6, 6.07) is 16.1. The Morgan fingerprint density at radius 3 is 2.21 bits per heavy atom. The van der Waals surface area contributed by atoms with Crippen LogP contribution in [-0.2, 0) is 6.42 Å². The first-order chi connectivity index (χ1) is 11.5. The molecule has 0 fully saturated rings. The Hall–Kier alpha value is -2.13. The molecule has 2 aromatic carbocycles. The number of hydrogen-bond acceptors (Lipinski definition) is 3. The van der Waals surface area contributed by atoms with Crippen molar-refractivity contribution in [2.24, 2.45) is 5.92 Å². The summed E-state index contributed by atoms with van der Waals surface area (Å²) in [5.41, 5.74) is 3.40. The standard InChI is InChI=1S/C20H21ClN2O/c1-13(2)12-15-4-6-16(7-5-15)14(3)19-22-23-20(24-19)17-8-10-18(21)11-9-17/h4-11,13-14H,12H2,1-3H3/t14-/m1/s1. The van der Waals surface area contributed by atoms with E-state index in [2.05, 4.69) is 55.2 Å². The largest absolute Gasteiger partial charge is 0.420 e.